The summed E-state index contributed by atoms with van der Waals surface area (Å²) in [4.78, 5) is 0.0250. The van der Waals surface area contributed by atoms with Crippen LogP contribution in [0.5, 0.6) is 5.75 Å². The van der Waals surface area contributed by atoms with Gasteiger partial charge in [-0.15, -0.1) is 0 Å². The predicted octanol–water partition coefficient (Wildman–Crippen LogP) is 2.87. The van der Waals surface area contributed by atoms with Crippen LogP contribution in [0.25, 0.3) is 0 Å². The summed E-state index contributed by atoms with van der Waals surface area (Å²) in [6.07, 6.45) is 0. The molecule has 0 atom stereocenters. The first kappa shape index (κ1) is 15.7. The normalized spacial score (nSPS) is 11.2. The Morgan fingerprint density at radius 2 is 1.81 bits per heavy atom. The molecular weight excluding hydrogens is 356 g/mol. The minimum atomic E-state index is -3.77. The summed E-state index contributed by atoms with van der Waals surface area (Å²) in [7, 11) is -0.862. The predicted molar refractivity (Wildman–Crippen MR) is 87.1 cm³/mol. The number of hydrogen-bond donors (Lipinski definition) is 1. The van der Waals surface area contributed by atoms with Crippen LogP contribution < -0.4 is 14.8 Å². The Morgan fingerprint density at radius 1 is 1.19 bits per heavy atom. The smallest absolute Gasteiger partial charge is 0.267 e. The maximum atomic E-state index is 12.8. The summed E-state index contributed by atoms with van der Waals surface area (Å²) >= 11 is 3.26. The standard InChI is InChI=1S/C14H15BrN2O3S/c1-17(10-6-4-3-5-7-10)21(18,19)14-9-12(16)11(15)8-13(14)20-2/h3-9H,16H2,1-2H3. The molecule has 2 rings (SSSR count). The third-order valence-electron chi connectivity index (χ3n) is 3.04. The van der Waals surface area contributed by atoms with Gasteiger partial charge in [0.2, 0.25) is 0 Å². The number of nitrogens with zero attached hydrogens (tertiary/aromatic N) is 1. The Kier molecular flexibility index (Phi) is 4.43. The molecule has 21 heavy (non-hydrogen) atoms. The van der Waals surface area contributed by atoms with E-state index in [0.717, 1.165) is 0 Å². The molecule has 0 aliphatic rings. The maximum absolute atomic E-state index is 12.8. The van der Waals surface area contributed by atoms with E-state index >= 15 is 0 Å². The first-order valence-corrected chi connectivity index (χ1v) is 8.28. The Labute approximate surface area is 132 Å². The molecule has 0 spiro atoms. The van der Waals surface area contributed by atoms with Gasteiger partial charge in [0.05, 0.1) is 12.8 Å². The molecular formula is C14H15BrN2O3S. The highest BCUT2D eigenvalue weighted by Gasteiger charge is 2.26. The van der Waals surface area contributed by atoms with Gasteiger partial charge in [0, 0.05) is 17.2 Å². The molecule has 2 aromatic carbocycles. The van der Waals surface area contributed by atoms with Gasteiger partial charge in [0.25, 0.3) is 10.0 Å². The molecule has 0 aliphatic heterocycles. The highest BCUT2D eigenvalue weighted by Crippen LogP contribution is 2.34. The number of anilines is 2. The van der Waals surface area contributed by atoms with Crippen LogP contribution in [0.1, 0.15) is 0 Å². The van der Waals surface area contributed by atoms with Crippen LogP contribution in [0.15, 0.2) is 51.8 Å². The zero-order chi connectivity index (χ0) is 15.6. The van der Waals surface area contributed by atoms with Gasteiger partial charge in [0.1, 0.15) is 10.6 Å². The number of nitrogens with two attached hydrogens (primary N) is 1. The summed E-state index contributed by atoms with van der Waals surface area (Å²) < 4.78 is 32.4. The zero-order valence-corrected chi connectivity index (χ0v) is 14.0. The molecule has 0 bridgehead atoms. The lowest BCUT2D eigenvalue weighted by molar-refractivity contribution is 0.402. The number of methoxy groups -OCH3 is 1. The Balaban J connectivity index is 2.57. The second-order valence-corrected chi connectivity index (χ2v) is 7.12. The van der Waals surface area contributed by atoms with Crippen LogP contribution in [0.2, 0.25) is 0 Å². The number of hydrogen-bond acceptors (Lipinski definition) is 4. The quantitative estimate of drug-likeness (QED) is 0.839. The van der Waals surface area contributed by atoms with Crippen LogP contribution in [0, 0.1) is 0 Å². The van der Waals surface area contributed by atoms with Crippen molar-refractivity contribution in [1.82, 2.24) is 0 Å². The average molecular weight is 371 g/mol. The Bertz CT molecular complexity index is 748. The van der Waals surface area contributed by atoms with Gasteiger partial charge in [-0.1, -0.05) is 18.2 Å². The topological polar surface area (TPSA) is 72.6 Å². The van der Waals surface area contributed by atoms with Gasteiger partial charge in [0.15, 0.2) is 0 Å². The van der Waals surface area contributed by atoms with E-state index in [0.29, 0.717) is 15.8 Å². The van der Waals surface area contributed by atoms with Gasteiger partial charge in [-0.25, -0.2) is 8.42 Å². The second kappa shape index (κ2) is 5.95. The zero-order valence-electron chi connectivity index (χ0n) is 11.6. The maximum Gasteiger partial charge on any atom is 0.267 e. The van der Waals surface area contributed by atoms with E-state index in [2.05, 4.69) is 15.9 Å². The van der Waals surface area contributed by atoms with Gasteiger partial charge in [-0.2, -0.15) is 0 Å². The molecule has 7 heteroatoms. The van der Waals surface area contributed by atoms with E-state index in [1.807, 2.05) is 6.07 Å². The van der Waals surface area contributed by atoms with Crippen LogP contribution in [0.3, 0.4) is 0 Å². The number of rotatable bonds is 4. The number of sulfonamides is 1. The van der Waals surface area contributed by atoms with Crippen molar-refractivity contribution in [3.63, 3.8) is 0 Å². The first-order chi connectivity index (χ1) is 9.87. The summed E-state index contributed by atoms with van der Waals surface area (Å²) in [6, 6.07) is 11.7. The number of halogens is 1. The number of benzene rings is 2. The highest BCUT2D eigenvalue weighted by atomic mass is 79.9. The van der Waals surface area contributed by atoms with Crippen molar-refractivity contribution >= 4 is 37.3 Å². The Hall–Kier alpha value is -1.73. The summed E-state index contributed by atoms with van der Waals surface area (Å²) in [6.45, 7) is 0. The summed E-state index contributed by atoms with van der Waals surface area (Å²) in [5.74, 6) is 0.235. The lowest BCUT2D eigenvalue weighted by Crippen LogP contribution is -2.27. The molecule has 0 amide bonds. The van der Waals surface area contributed by atoms with Gasteiger partial charge >= 0.3 is 0 Å². The van der Waals surface area contributed by atoms with E-state index in [4.69, 9.17) is 10.5 Å². The second-order valence-electron chi connectivity index (χ2n) is 4.33. The van der Waals surface area contributed by atoms with E-state index in [1.165, 1.54) is 24.5 Å². The summed E-state index contributed by atoms with van der Waals surface area (Å²) in [5, 5.41) is 0. The van der Waals surface area contributed by atoms with E-state index < -0.39 is 10.0 Å². The van der Waals surface area contributed by atoms with Crippen molar-refractivity contribution in [2.45, 2.75) is 4.90 Å². The van der Waals surface area contributed by atoms with Gasteiger partial charge < -0.3 is 10.5 Å². The molecule has 5 nitrogen and oxygen atoms in total. The lowest BCUT2D eigenvalue weighted by atomic mass is 10.3. The van der Waals surface area contributed by atoms with Crippen LogP contribution >= 0.6 is 15.9 Å². The monoisotopic (exact) mass is 370 g/mol. The first-order valence-electron chi connectivity index (χ1n) is 6.05. The molecule has 112 valence electrons. The lowest BCUT2D eigenvalue weighted by Gasteiger charge is -2.21. The van der Waals surface area contributed by atoms with Crippen LogP contribution in [-0.4, -0.2) is 22.6 Å². The molecule has 2 aromatic rings. The third-order valence-corrected chi connectivity index (χ3v) is 5.53. The minimum absolute atomic E-state index is 0.0250. The van der Waals surface area contributed by atoms with Crippen molar-refractivity contribution < 1.29 is 13.2 Å². The van der Waals surface area contributed by atoms with Crippen molar-refractivity contribution in [2.75, 3.05) is 24.2 Å². The van der Waals surface area contributed by atoms with Gasteiger partial charge in [-0.3, -0.25) is 4.31 Å². The van der Waals surface area contributed by atoms with Crippen molar-refractivity contribution in [2.24, 2.45) is 0 Å². The molecule has 0 unspecified atom stereocenters. The van der Waals surface area contributed by atoms with Crippen LogP contribution in [0.4, 0.5) is 11.4 Å². The average Bonchev–Trinajstić information content (AvgIpc) is 2.49. The number of para-hydroxylation sites is 1. The van der Waals surface area contributed by atoms with Crippen molar-refractivity contribution in [1.29, 1.82) is 0 Å². The molecule has 0 saturated carbocycles. The molecule has 0 radical (unpaired) electrons. The molecule has 0 fully saturated rings. The third kappa shape index (κ3) is 2.98. The van der Waals surface area contributed by atoms with Gasteiger partial charge in [-0.05, 0) is 40.2 Å². The Morgan fingerprint density at radius 3 is 2.38 bits per heavy atom. The molecule has 0 aliphatic carbocycles. The van der Waals surface area contributed by atoms with Crippen LogP contribution in [-0.2, 0) is 10.0 Å². The van der Waals surface area contributed by atoms with E-state index in [9.17, 15) is 8.42 Å². The summed E-state index contributed by atoms with van der Waals surface area (Å²) in [5.41, 5.74) is 6.68. The number of nitrogen functional groups attached to an aromatic ring is 1. The van der Waals surface area contributed by atoms with Crippen molar-refractivity contribution in [3.05, 3.63) is 46.9 Å². The largest absolute Gasteiger partial charge is 0.495 e. The van der Waals surface area contributed by atoms with Crippen molar-refractivity contribution in [3.8, 4) is 5.75 Å². The fraction of sp³-hybridized carbons (Fsp3) is 0.143. The SMILES string of the molecule is COc1cc(Br)c(N)cc1S(=O)(=O)N(C)c1ccccc1. The highest BCUT2D eigenvalue weighted by molar-refractivity contribution is 9.10. The molecule has 0 aromatic heterocycles. The minimum Gasteiger partial charge on any atom is -0.495 e. The van der Waals surface area contributed by atoms with E-state index in [-0.39, 0.29) is 10.6 Å². The fourth-order valence-corrected chi connectivity index (χ4v) is 3.53. The molecule has 2 N–H and O–H groups in total. The molecule has 0 saturated heterocycles. The number of ether oxygens (including phenoxy) is 1. The molecule has 0 heterocycles. The van der Waals surface area contributed by atoms with E-state index in [1.54, 1.807) is 30.3 Å². The fourth-order valence-electron chi connectivity index (χ4n) is 1.84.